The Morgan fingerprint density at radius 3 is 1.77 bits per heavy atom. The maximum absolute atomic E-state index is 7.64. The number of nitrogens with zero attached hydrogens (tertiary/aromatic N) is 3. The third-order valence-corrected chi connectivity index (χ3v) is 5.40. The van der Waals surface area contributed by atoms with Crippen molar-refractivity contribution in [2.45, 2.75) is 5.54 Å². The first-order valence-electron chi connectivity index (χ1n) is 11.2. The van der Waals surface area contributed by atoms with E-state index >= 15 is 0 Å². The minimum absolute atomic E-state index is 0.0298. The molecule has 0 unspecified atom stereocenters. The van der Waals surface area contributed by atoms with Crippen molar-refractivity contribution in [2.75, 3.05) is 7.04 Å². The van der Waals surface area contributed by atoms with Gasteiger partial charge in [-0.05, 0) is 28.8 Å². The Labute approximate surface area is 179 Å². The molecular weight excluding hydrogens is 370 g/mol. The predicted molar refractivity (Wildman–Crippen MR) is 119 cm³/mol. The Kier molecular flexibility index (Phi) is 3.74. The van der Waals surface area contributed by atoms with Crippen molar-refractivity contribution in [1.82, 2.24) is 14.8 Å². The van der Waals surface area contributed by atoms with Crippen LogP contribution in [-0.4, -0.2) is 21.8 Å². The molecule has 0 aliphatic rings. The second kappa shape index (κ2) is 7.48. The summed E-state index contributed by atoms with van der Waals surface area (Å²) in [7, 11) is -2.65. The smallest absolute Gasteiger partial charge is 0.259 e. The van der Waals surface area contributed by atoms with Crippen LogP contribution in [0.15, 0.2) is 109 Å². The number of benzene rings is 3. The van der Waals surface area contributed by atoms with E-state index in [2.05, 4.69) is 4.98 Å². The van der Waals surface area contributed by atoms with Crippen LogP contribution in [0.1, 0.15) is 20.8 Å². The summed E-state index contributed by atoms with van der Waals surface area (Å²) in [4.78, 5) is 4.42. The fourth-order valence-corrected chi connectivity index (χ4v) is 4.15. The molecule has 30 heavy (non-hydrogen) atoms. The molecule has 0 N–H and O–H groups in total. The standard InChI is InChI=1S/C26H21N3O/c1-30-25-24-23(18-11-19-27-24)29(28-25)26(20-12-5-2-6-13-20,21-14-7-3-8-15-21)22-16-9-4-10-17-22/h2-19H,1H3/i1D3. The summed E-state index contributed by atoms with van der Waals surface area (Å²) >= 11 is 0. The fraction of sp³-hybridized carbons (Fsp3) is 0.0769. The molecule has 5 aromatic rings. The van der Waals surface area contributed by atoms with Gasteiger partial charge in [0.15, 0.2) is 5.52 Å². The van der Waals surface area contributed by atoms with Gasteiger partial charge >= 0.3 is 0 Å². The molecule has 0 amide bonds. The molecule has 0 fully saturated rings. The Morgan fingerprint density at radius 1 is 0.733 bits per heavy atom. The molecule has 4 heteroatoms. The van der Waals surface area contributed by atoms with Crippen LogP contribution in [0.4, 0.5) is 0 Å². The zero-order chi connectivity index (χ0) is 22.9. The molecule has 0 saturated heterocycles. The summed E-state index contributed by atoms with van der Waals surface area (Å²) in [6.07, 6.45) is 1.61. The van der Waals surface area contributed by atoms with Crippen molar-refractivity contribution in [2.24, 2.45) is 0 Å². The summed E-state index contributed by atoms with van der Waals surface area (Å²) in [5.74, 6) is -0.0298. The quantitative estimate of drug-likeness (QED) is 0.381. The summed E-state index contributed by atoms with van der Waals surface area (Å²) in [6.45, 7) is 0. The van der Waals surface area contributed by atoms with Crippen molar-refractivity contribution >= 4 is 11.0 Å². The summed E-state index contributed by atoms with van der Waals surface area (Å²) < 4.78 is 30.0. The topological polar surface area (TPSA) is 39.9 Å². The van der Waals surface area contributed by atoms with E-state index in [0.717, 1.165) is 16.7 Å². The first-order chi connectivity index (χ1) is 16.0. The van der Waals surface area contributed by atoms with Gasteiger partial charge in [-0.25, -0.2) is 9.67 Å². The number of rotatable bonds is 5. The van der Waals surface area contributed by atoms with E-state index < -0.39 is 12.6 Å². The monoisotopic (exact) mass is 394 g/mol. The minimum Gasteiger partial charge on any atom is -0.478 e. The van der Waals surface area contributed by atoms with Gasteiger partial charge in [0.2, 0.25) is 0 Å². The van der Waals surface area contributed by atoms with E-state index in [9.17, 15) is 0 Å². The van der Waals surface area contributed by atoms with Crippen molar-refractivity contribution in [3.63, 3.8) is 0 Å². The molecule has 0 saturated carbocycles. The Morgan fingerprint density at radius 2 is 1.27 bits per heavy atom. The highest BCUT2D eigenvalue weighted by Gasteiger charge is 2.41. The minimum atomic E-state index is -2.65. The second-order valence-corrected chi connectivity index (χ2v) is 7.00. The number of aromatic nitrogens is 3. The number of ether oxygens (including phenoxy) is 1. The molecule has 0 spiro atoms. The van der Waals surface area contributed by atoms with Crippen molar-refractivity contribution in [3.05, 3.63) is 126 Å². The lowest BCUT2D eigenvalue weighted by atomic mass is 9.77. The molecule has 0 bridgehead atoms. The Bertz CT molecular complexity index is 1270. The van der Waals surface area contributed by atoms with Crippen LogP contribution in [0.5, 0.6) is 5.88 Å². The average molecular weight is 394 g/mol. The normalized spacial score (nSPS) is 13.4. The number of fused-ring (bicyclic) bond motifs is 1. The fourth-order valence-electron chi connectivity index (χ4n) is 4.15. The number of hydrogen-bond acceptors (Lipinski definition) is 3. The van der Waals surface area contributed by atoms with Crippen LogP contribution in [0.25, 0.3) is 11.0 Å². The molecule has 2 aromatic heterocycles. The first-order valence-corrected chi connectivity index (χ1v) is 9.70. The van der Waals surface area contributed by atoms with E-state index in [1.807, 2.05) is 108 Å². The molecule has 5 rings (SSSR count). The molecule has 146 valence electrons. The zero-order valence-electron chi connectivity index (χ0n) is 19.1. The lowest BCUT2D eigenvalue weighted by Gasteiger charge is -2.36. The molecule has 3 aromatic carbocycles. The van der Waals surface area contributed by atoms with E-state index in [4.69, 9.17) is 13.9 Å². The third kappa shape index (κ3) is 2.69. The van der Waals surface area contributed by atoms with Gasteiger partial charge < -0.3 is 4.74 Å². The van der Waals surface area contributed by atoms with Gasteiger partial charge in [-0.3, -0.25) is 0 Å². The molecule has 0 aliphatic heterocycles. The summed E-state index contributed by atoms with van der Waals surface area (Å²) in [5, 5.41) is 4.75. The van der Waals surface area contributed by atoms with E-state index in [0.29, 0.717) is 11.0 Å². The Balaban J connectivity index is 1.94. The highest BCUT2D eigenvalue weighted by molar-refractivity contribution is 5.81. The zero-order valence-corrected chi connectivity index (χ0v) is 16.1. The molecular formula is C26H21N3O. The first kappa shape index (κ1) is 15.0. The van der Waals surface area contributed by atoms with Gasteiger partial charge in [-0.15, -0.1) is 5.10 Å². The molecule has 2 heterocycles. The van der Waals surface area contributed by atoms with Crippen molar-refractivity contribution in [3.8, 4) is 5.88 Å². The van der Waals surface area contributed by atoms with Gasteiger partial charge in [-0.1, -0.05) is 91.0 Å². The van der Waals surface area contributed by atoms with Gasteiger partial charge in [0, 0.05) is 6.20 Å². The van der Waals surface area contributed by atoms with Crippen LogP contribution >= 0.6 is 0 Å². The molecule has 0 aliphatic carbocycles. The molecule has 0 atom stereocenters. The van der Waals surface area contributed by atoms with Crippen LogP contribution in [-0.2, 0) is 5.54 Å². The van der Waals surface area contributed by atoms with Gasteiger partial charge in [0.05, 0.1) is 16.7 Å². The Hall–Kier alpha value is -3.92. The number of pyridine rings is 1. The van der Waals surface area contributed by atoms with Crippen LogP contribution in [0.3, 0.4) is 0 Å². The van der Waals surface area contributed by atoms with Crippen molar-refractivity contribution in [1.29, 1.82) is 0 Å². The van der Waals surface area contributed by atoms with E-state index in [1.165, 1.54) is 0 Å². The highest BCUT2D eigenvalue weighted by atomic mass is 16.5. The predicted octanol–water partition coefficient (Wildman–Crippen LogP) is 5.28. The molecule has 4 nitrogen and oxygen atoms in total. The van der Waals surface area contributed by atoms with E-state index in [-0.39, 0.29) is 5.88 Å². The highest BCUT2D eigenvalue weighted by Crippen LogP contribution is 2.43. The van der Waals surface area contributed by atoms with Crippen LogP contribution in [0.2, 0.25) is 0 Å². The molecule has 0 radical (unpaired) electrons. The summed E-state index contributed by atoms with van der Waals surface area (Å²) in [5.41, 5.74) is 3.05. The summed E-state index contributed by atoms with van der Waals surface area (Å²) in [6, 6.07) is 33.8. The SMILES string of the molecule is [2H]C([2H])([2H])Oc1nn(C(c2ccccc2)(c2ccccc2)c2ccccc2)c2cccnc12. The lowest BCUT2D eigenvalue weighted by Crippen LogP contribution is -2.38. The lowest BCUT2D eigenvalue weighted by molar-refractivity contribution is 0.377. The van der Waals surface area contributed by atoms with E-state index in [1.54, 1.807) is 6.20 Å². The average Bonchev–Trinajstić information content (AvgIpc) is 3.19. The number of hydrogen-bond donors (Lipinski definition) is 0. The number of methoxy groups -OCH3 is 1. The van der Waals surface area contributed by atoms with Gasteiger partial charge in [0.25, 0.3) is 5.88 Å². The van der Waals surface area contributed by atoms with Crippen molar-refractivity contribution < 1.29 is 8.85 Å². The van der Waals surface area contributed by atoms with Crippen LogP contribution < -0.4 is 4.74 Å². The second-order valence-electron chi connectivity index (χ2n) is 7.00. The van der Waals surface area contributed by atoms with Gasteiger partial charge in [-0.2, -0.15) is 0 Å². The maximum Gasteiger partial charge on any atom is 0.259 e. The largest absolute Gasteiger partial charge is 0.478 e. The maximum atomic E-state index is 7.64. The van der Waals surface area contributed by atoms with Gasteiger partial charge in [0.1, 0.15) is 5.54 Å². The van der Waals surface area contributed by atoms with Crippen LogP contribution in [0, 0.1) is 0 Å². The third-order valence-electron chi connectivity index (χ3n) is 5.40.